The van der Waals surface area contributed by atoms with E-state index in [2.05, 4.69) is 179 Å². The van der Waals surface area contributed by atoms with Crippen molar-refractivity contribution in [3.05, 3.63) is 199 Å². The lowest BCUT2D eigenvalue weighted by Gasteiger charge is -2.11. The second-order valence-electron chi connectivity index (χ2n) is 12.8. The minimum absolute atomic E-state index is 0.739. The Hall–Kier alpha value is -6.58. The van der Waals surface area contributed by atoms with Crippen LogP contribution in [0, 0.1) is 0 Å². The molecule has 0 atom stereocenters. The van der Waals surface area contributed by atoms with E-state index in [9.17, 15) is 0 Å². The average Bonchev–Trinajstić information content (AvgIpc) is 3.69. The largest absolute Gasteiger partial charge is 0.398 e. The van der Waals surface area contributed by atoms with E-state index < -0.39 is 0 Å². The zero-order chi connectivity index (χ0) is 33.4. The van der Waals surface area contributed by atoms with E-state index in [0.29, 0.717) is 0 Å². The first-order valence-corrected chi connectivity index (χ1v) is 17.1. The summed E-state index contributed by atoms with van der Waals surface area (Å²) >= 11 is 0. The van der Waals surface area contributed by atoms with Gasteiger partial charge >= 0.3 is 0 Å². The third kappa shape index (κ3) is 5.17. The van der Waals surface area contributed by atoms with E-state index in [4.69, 9.17) is 5.73 Å². The van der Waals surface area contributed by atoms with Gasteiger partial charge in [0.15, 0.2) is 0 Å². The monoisotopic (exact) mass is 641 g/mol. The van der Waals surface area contributed by atoms with E-state index in [-0.39, 0.29) is 0 Å². The van der Waals surface area contributed by atoms with Crippen LogP contribution in [0.15, 0.2) is 188 Å². The second-order valence-corrected chi connectivity index (χ2v) is 12.8. The van der Waals surface area contributed by atoms with Gasteiger partial charge in [0.2, 0.25) is 0 Å². The van der Waals surface area contributed by atoms with Crippen LogP contribution in [0.3, 0.4) is 0 Å². The third-order valence-corrected chi connectivity index (χ3v) is 9.74. The van der Waals surface area contributed by atoms with Gasteiger partial charge < -0.3 is 14.9 Å². The van der Waals surface area contributed by atoms with Crippen molar-refractivity contribution in [1.29, 1.82) is 0 Å². The van der Waals surface area contributed by atoms with Crippen molar-refractivity contribution in [3.63, 3.8) is 0 Å². The first-order chi connectivity index (χ1) is 24.7. The molecule has 0 saturated carbocycles. The van der Waals surface area contributed by atoms with Crippen LogP contribution in [0.1, 0.15) is 11.1 Å². The molecule has 0 spiro atoms. The molecular formula is C47H35N3. The Morgan fingerprint density at radius 2 is 0.980 bits per heavy atom. The van der Waals surface area contributed by atoms with Gasteiger partial charge in [0.25, 0.3) is 0 Å². The number of nitrogens with two attached hydrogens (primary N) is 1. The molecule has 0 amide bonds. The highest BCUT2D eigenvalue weighted by Crippen LogP contribution is 2.38. The summed E-state index contributed by atoms with van der Waals surface area (Å²) in [6, 6.07) is 60.7. The van der Waals surface area contributed by atoms with E-state index in [1.54, 1.807) is 0 Å². The van der Waals surface area contributed by atoms with E-state index in [0.717, 1.165) is 23.4 Å². The highest BCUT2D eigenvalue weighted by atomic mass is 15.0. The molecule has 3 heteroatoms. The van der Waals surface area contributed by atoms with Crippen LogP contribution < -0.4 is 5.73 Å². The summed E-state index contributed by atoms with van der Waals surface area (Å²) in [6.45, 7) is 0. The lowest BCUT2D eigenvalue weighted by Crippen LogP contribution is -1.99. The number of nitrogens with zero attached hydrogens (tertiary/aromatic N) is 2. The first kappa shape index (κ1) is 29.6. The van der Waals surface area contributed by atoms with Gasteiger partial charge in [-0.1, -0.05) is 121 Å². The minimum atomic E-state index is 0.739. The van der Waals surface area contributed by atoms with Gasteiger partial charge in [-0.15, -0.1) is 0 Å². The summed E-state index contributed by atoms with van der Waals surface area (Å²) in [6.07, 6.45) is 7.07. The van der Waals surface area contributed by atoms with E-state index in [1.165, 1.54) is 66.0 Å². The maximum atomic E-state index is 6.61. The SMILES string of the molecule is N/C(=C\C=C/Cc1ccccc1)c1cccc(-n2c3ccccc3c3cc(-c4ccc5c(c4)c4ccccc4n5-c4ccccc4)ccc32)c1. The molecule has 9 aromatic rings. The highest BCUT2D eigenvalue weighted by molar-refractivity contribution is 6.12. The van der Waals surface area contributed by atoms with Gasteiger partial charge in [-0.3, -0.25) is 0 Å². The van der Waals surface area contributed by atoms with Crippen molar-refractivity contribution in [2.45, 2.75) is 6.42 Å². The summed E-state index contributed by atoms with van der Waals surface area (Å²) in [5.74, 6) is 0. The zero-order valence-corrected chi connectivity index (χ0v) is 27.6. The Bertz CT molecular complexity index is 2730. The zero-order valence-electron chi connectivity index (χ0n) is 27.6. The van der Waals surface area contributed by atoms with Crippen molar-refractivity contribution in [3.8, 4) is 22.5 Å². The van der Waals surface area contributed by atoms with E-state index in [1.807, 2.05) is 18.2 Å². The molecular weight excluding hydrogens is 607 g/mol. The van der Waals surface area contributed by atoms with Gasteiger partial charge in [0.1, 0.15) is 0 Å². The Balaban J connectivity index is 1.11. The molecule has 2 heterocycles. The summed E-state index contributed by atoms with van der Waals surface area (Å²) in [5.41, 5.74) is 19.0. The summed E-state index contributed by atoms with van der Waals surface area (Å²) < 4.78 is 4.72. The van der Waals surface area contributed by atoms with Gasteiger partial charge in [-0.2, -0.15) is 0 Å². The van der Waals surface area contributed by atoms with Crippen LogP contribution in [0.5, 0.6) is 0 Å². The fourth-order valence-electron chi connectivity index (χ4n) is 7.35. The molecule has 9 rings (SSSR count). The van der Waals surface area contributed by atoms with Crippen molar-refractivity contribution < 1.29 is 0 Å². The Labute approximate surface area is 291 Å². The van der Waals surface area contributed by atoms with Gasteiger partial charge in [-0.05, 0) is 95.4 Å². The van der Waals surface area contributed by atoms with Crippen molar-refractivity contribution in [2.75, 3.05) is 0 Å². The number of hydrogen-bond acceptors (Lipinski definition) is 1. The van der Waals surface area contributed by atoms with Crippen LogP contribution >= 0.6 is 0 Å². The van der Waals surface area contributed by atoms with Crippen LogP contribution in [0.2, 0.25) is 0 Å². The number of fused-ring (bicyclic) bond motifs is 6. The molecule has 2 aromatic heterocycles. The molecule has 50 heavy (non-hydrogen) atoms. The molecule has 0 aliphatic carbocycles. The molecule has 0 unspecified atom stereocenters. The van der Waals surface area contributed by atoms with Crippen LogP contribution in [0.4, 0.5) is 0 Å². The highest BCUT2D eigenvalue weighted by Gasteiger charge is 2.16. The topological polar surface area (TPSA) is 35.9 Å². The Morgan fingerprint density at radius 1 is 0.460 bits per heavy atom. The number of allylic oxidation sites excluding steroid dienone is 3. The smallest absolute Gasteiger partial charge is 0.0541 e. The van der Waals surface area contributed by atoms with Crippen molar-refractivity contribution in [1.82, 2.24) is 9.13 Å². The molecule has 238 valence electrons. The normalized spacial score (nSPS) is 12.2. The molecule has 3 nitrogen and oxygen atoms in total. The number of rotatable bonds is 7. The molecule has 7 aromatic carbocycles. The van der Waals surface area contributed by atoms with Crippen LogP contribution in [-0.2, 0) is 6.42 Å². The molecule has 0 saturated heterocycles. The van der Waals surface area contributed by atoms with E-state index >= 15 is 0 Å². The van der Waals surface area contributed by atoms with Crippen LogP contribution in [0.25, 0.3) is 71.8 Å². The predicted molar refractivity (Wildman–Crippen MR) is 212 cm³/mol. The molecule has 0 aliphatic heterocycles. The van der Waals surface area contributed by atoms with Gasteiger partial charge in [-0.25, -0.2) is 0 Å². The van der Waals surface area contributed by atoms with Gasteiger partial charge in [0, 0.05) is 38.6 Å². The number of para-hydroxylation sites is 3. The van der Waals surface area contributed by atoms with Crippen molar-refractivity contribution in [2.24, 2.45) is 5.73 Å². The summed E-state index contributed by atoms with van der Waals surface area (Å²) in [7, 11) is 0. The molecule has 0 bridgehead atoms. The molecule has 0 radical (unpaired) electrons. The molecule has 0 aliphatic rings. The number of aromatic nitrogens is 2. The summed E-state index contributed by atoms with van der Waals surface area (Å²) in [4.78, 5) is 0. The Morgan fingerprint density at radius 3 is 1.62 bits per heavy atom. The van der Waals surface area contributed by atoms with Crippen molar-refractivity contribution >= 4 is 49.3 Å². The molecule has 2 N–H and O–H groups in total. The fraction of sp³-hybridized carbons (Fsp3) is 0.0213. The fourth-order valence-corrected chi connectivity index (χ4v) is 7.35. The maximum Gasteiger partial charge on any atom is 0.0541 e. The Kier molecular flexibility index (Phi) is 7.37. The quantitative estimate of drug-likeness (QED) is 0.173. The predicted octanol–water partition coefficient (Wildman–Crippen LogP) is 11.6. The van der Waals surface area contributed by atoms with Crippen LogP contribution in [-0.4, -0.2) is 9.13 Å². The number of benzene rings is 7. The lowest BCUT2D eigenvalue weighted by molar-refractivity contribution is 1.18. The maximum absolute atomic E-state index is 6.61. The number of hydrogen-bond donors (Lipinski definition) is 1. The van der Waals surface area contributed by atoms with Gasteiger partial charge in [0.05, 0.1) is 22.1 Å². The molecule has 0 fully saturated rings. The minimum Gasteiger partial charge on any atom is -0.398 e. The summed E-state index contributed by atoms with van der Waals surface area (Å²) in [5, 5.41) is 4.96. The lowest BCUT2D eigenvalue weighted by atomic mass is 10.0. The second kappa shape index (κ2) is 12.5. The first-order valence-electron chi connectivity index (χ1n) is 17.1. The average molecular weight is 642 g/mol. The standard InChI is InChI=1S/C47H35N3/c48-43(23-10-7-16-33-14-3-1-4-15-33)36-17-13-20-38(30-36)50-45-25-12-9-22-40(45)42-32-35(27-29-47(42)50)34-26-28-46-41(31-34)39-21-8-11-24-44(39)49(46)37-18-5-2-6-19-37/h1-15,17-32H,16,48H2/b10-7-,43-23-. The third-order valence-electron chi connectivity index (χ3n) is 9.74.